The summed E-state index contributed by atoms with van der Waals surface area (Å²) in [6.45, 7) is 6.93. The van der Waals surface area contributed by atoms with Crippen LogP contribution in [-0.2, 0) is 4.79 Å². The minimum Gasteiger partial charge on any atom is -0.353 e. The number of carbonyl (C=O) groups is 1. The molecule has 0 bridgehead atoms. The van der Waals surface area contributed by atoms with Gasteiger partial charge in [-0.15, -0.1) is 0 Å². The molecule has 1 aliphatic rings. The van der Waals surface area contributed by atoms with Crippen molar-refractivity contribution in [2.75, 3.05) is 6.54 Å². The summed E-state index contributed by atoms with van der Waals surface area (Å²) in [4.78, 5) is 11.9. The van der Waals surface area contributed by atoms with Gasteiger partial charge >= 0.3 is 0 Å². The second-order valence-electron chi connectivity index (χ2n) is 5.28. The van der Waals surface area contributed by atoms with Crippen molar-refractivity contribution in [3.63, 3.8) is 0 Å². The summed E-state index contributed by atoms with van der Waals surface area (Å²) in [6.07, 6.45) is 4.37. The molecule has 3 nitrogen and oxygen atoms in total. The largest absolute Gasteiger partial charge is 0.353 e. The van der Waals surface area contributed by atoms with Crippen LogP contribution in [0.5, 0.6) is 0 Å². The molecule has 15 heavy (non-hydrogen) atoms. The van der Waals surface area contributed by atoms with E-state index in [1.807, 2.05) is 6.92 Å². The summed E-state index contributed by atoms with van der Waals surface area (Å²) in [5.41, 5.74) is 5.82. The van der Waals surface area contributed by atoms with Crippen LogP contribution in [-0.4, -0.2) is 18.5 Å². The van der Waals surface area contributed by atoms with E-state index < -0.39 is 0 Å². The van der Waals surface area contributed by atoms with Crippen LogP contribution >= 0.6 is 0 Å². The first-order valence-electron chi connectivity index (χ1n) is 6.01. The molecule has 0 saturated heterocycles. The summed E-state index contributed by atoms with van der Waals surface area (Å²) < 4.78 is 0. The second kappa shape index (κ2) is 4.97. The van der Waals surface area contributed by atoms with Gasteiger partial charge in [-0.1, -0.05) is 27.2 Å². The summed E-state index contributed by atoms with van der Waals surface area (Å²) in [7, 11) is 0. The highest BCUT2D eigenvalue weighted by molar-refractivity contribution is 5.79. The summed E-state index contributed by atoms with van der Waals surface area (Å²) >= 11 is 0. The summed E-state index contributed by atoms with van der Waals surface area (Å²) in [5, 5.41) is 3.15. The molecule has 0 aliphatic heterocycles. The average molecular weight is 212 g/mol. The zero-order valence-electron chi connectivity index (χ0n) is 10.2. The highest BCUT2D eigenvalue weighted by Gasteiger charge is 2.35. The minimum absolute atomic E-state index is 0.0126. The third-order valence-corrected chi connectivity index (χ3v) is 3.72. The molecule has 1 amide bonds. The van der Waals surface area contributed by atoms with Crippen LogP contribution in [0.2, 0.25) is 0 Å². The van der Waals surface area contributed by atoms with Crippen LogP contribution in [0.25, 0.3) is 0 Å². The van der Waals surface area contributed by atoms with E-state index in [2.05, 4.69) is 19.2 Å². The van der Waals surface area contributed by atoms with Crippen molar-refractivity contribution in [2.24, 2.45) is 17.1 Å². The monoisotopic (exact) mass is 212 g/mol. The number of hydrogen-bond acceptors (Lipinski definition) is 2. The fourth-order valence-corrected chi connectivity index (χ4v) is 2.34. The number of hydrogen-bond donors (Lipinski definition) is 2. The molecule has 1 saturated carbocycles. The topological polar surface area (TPSA) is 55.1 Å². The Hall–Kier alpha value is -0.570. The van der Waals surface area contributed by atoms with E-state index in [0.717, 1.165) is 12.8 Å². The van der Waals surface area contributed by atoms with E-state index in [4.69, 9.17) is 5.73 Å². The predicted molar refractivity (Wildman–Crippen MR) is 62.4 cm³/mol. The zero-order chi connectivity index (χ0) is 11.5. The molecule has 0 aromatic carbocycles. The Kier molecular flexibility index (Phi) is 4.14. The van der Waals surface area contributed by atoms with Gasteiger partial charge in [0.1, 0.15) is 0 Å². The highest BCUT2D eigenvalue weighted by atomic mass is 16.2. The lowest BCUT2D eigenvalue weighted by Gasteiger charge is -2.29. The van der Waals surface area contributed by atoms with Crippen molar-refractivity contribution in [1.29, 1.82) is 0 Å². The van der Waals surface area contributed by atoms with Crippen LogP contribution in [0.1, 0.15) is 46.5 Å². The van der Waals surface area contributed by atoms with Crippen LogP contribution in [0, 0.1) is 11.3 Å². The maximum absolute atomic E-state index is 11.9. The van der Waals surface area contributed by atoms with Gasteiger partial charge in [0, 0.05) is 18.5 Å². The van der Waals surface area contributed by atoms with E-state index in [1.54, 1.807) is 0 Å². The third kappa shape index (κ3) is 2.94. The maximum atomic E-state index is 11.9. The first-order valence-corrected chi connectivity index (χ1v) is 6.01. The van der Waals surface area contributed by atoms with Gasteiger partial charge in [-0.05, 0) is 24.7 Å². The van der Waals surface area contributed by atoms with Gasteiger partial charge < -0.3 is 11.1 Å². The van der Waals surface area contributed by atoms with Crippen molar-refractivity contribution < 1.29 is 4.79 Å². The lowest BCUT2D eigenvalue weighted by molar-refractivity contribution is -0.126. The molecule has 3 N–H and O–H groups in total. The molecular formula is C12H24N2O. The van der Waals surface area contributed by atoms with Crippen LogP contribution < -0.4 is 11.1 Å². The number of nitrogens with two attached hydrogens (primary N) is 1. The van der Waals surface area contributed by atoms with Gasteiger partial charge in [-0.2, -0.15) is 0 Å². The molecule has 1 fully saturated rings. The Morgan fingerprint density at radius 1 is 1.60 bits per heavy atom. The van der Waals surface area contributed by atoms with E-state index >= 15 is 0 Å². The van der Waals surface area contributed by atoms with E-state index in [9.17, 15) is 4.79 Å². The van der Waals surface area contributed by atoms with Crippen molar-refractivity contribution in [1.82, 2.24) is 5.32 Å². The standard InChI is InChI=1S/C12H24N2O/c1-4-9(8-13)11(15)14-10-6-5-7-12(10,2)3/h9-10H,4-8,13H2,1-3H3,(H,14,15). The van der Waals surface area contributed by atoms with E-state index in [1.165, 1.54) is 12.8 Å². The fourth-order valence-electron chi connectivity index (χ4n) is 2.34. The van der Waals surface area contributed by atoms with Gasteiger partial charge in [0.2, 0.25) is 5.91 Å². The smallest absolute Gasteiger partial charge is 0.224 e. The van der Waals surface area contributed by atoms with E-state index in [0.29, 0.717) is 12.6 Å². The molecule has 0 radical (unpaired) electrons. The van der Waals surface area contributed by atoms with Gasteiger partial charge in [0.15, 0.2) is 0 Å². The molecule has 2 atom stereocenters. The van der Waals surface area contributed by atoms with Crippen molar-refractivity contribution in [2.45, 2.75) is 52.5 Å². The number of amides is 1. The van der Waals surface area contributed by atoms with Crippen LogP contribution in [0.3, 0.4) is 0 Å². The Labute approximate surface area is 92.8 Å². The Balaban J connectivity index is 2.51. The highest BCUT2D eigenvalue weighted by Crippen LogP contribution is 2.37. The lowest BCUT2D eigenvalue weighted by Crippen LogP contribution is -2.45. The molecule has 88 valence electrons. The molecule has 0 spiro atoms. The van der Waals surface area contributed by atoms with Crippen molar-refractivity contribution in [3.05, 3.63) is 0 Å². The molecule has 0 aromatic rings. The molecule has 2 unspecified atom stereocenters. The molecule has 3 heteroatoms. The zero-order valence-corrected chi connectivity index (χ0v) is 10.2. The van der Waals surface area contributed by atoms with Crippen LogP contribution in [0.15, 0.2) is 0 Å². The Morgan fingerprint density at radius 2 is 2.27 bits per heavy atom. The lowest BCUT2D eigenvalue weighted by atomic mass is 9.87. The predicted octanol–water partition coefficient (Wildman–Crippen LogP) is 1.67. The van der Waals surface area contributed by atoms with Gasteiger partial charge in [0.25, 0.3) is 0 Å². The van der Waals surface area contributed by atoms with Crippen LogP contribution in [0.4, 0.5) is 0 Å². The van der Waals surface area contributed by atoms with Crippen molar-refractivity contribution in [3.8, 4) is 0 Å². The summed E-state index contributed by atoms with van der Waals surface area (Å²) in [5.74, 6) is 0.126. The van der Waals surface area contributed by atoms with Gasteiger partial charge in [-0.25, -0.2) is 0 Å². The van der Waals surface area contributed by atoms with Gasteiger partial charge in [-0.3, -0.25) is 4.79 Å². The fraction of sp³-hybridized carbons (Fsp3) is 0.917. The molecule has 0 aromatic heterocycles. The maximum Gasteiger partial charge on any atom is 0.224 e. The Morgan fingerprint density at radius 3 is 2.67 bits per heavy atom. The molecule has 1 aliphatic carbocycles. The third-order valence-electron chi connectivity index (χ3n) is 3.72. The SMILES string of the molecule is CCC(CN)C(=O)NC1CCCC1(C)C. The number of rotatable bonds is 4. The summed E-state index contributed by atoms with van der Waals surface area (Å²) in [6, 6.07) is 0.339. The normalized spacial score (nSPS) is 26.3. The quantitative estimate of drug-likeness (QED) is 0.744. The van der Waals surface area contributed by atoms with Crippen molar-refractivity contribution >= 4 is 5.91 Å². The number of carbonyl (C=O) groups excluding carboxylic acids is 1. The molecule has 0 heterocycles. The number of nitrogens with one attached hydrogen (secondary N) is 1. The van der Waals surface area contributed by atoms with E-state index in [-0.39, 0.29) is 17.2 Å². The Bertz CT molecular complexity index is 222. The molecule has 1 rings (SSSR count). The first kappa shape index (κ1) is 12.5. The first-order chi connectivity index (χ1) is 7.01. The van der Waals surface area contributed by atoms with Gasteiger partial charge in [0.05, 0.1) is 0 Å². The average Bonchev–Trinajstić information content (AvgIpc) is 2.48. The molecular weight excluding hydrogens is 188 g/mol. The second-order valence-corrected chi connectivity index (χ2v) is 5.28. The minimum atomic E-state index is -0.0126.